The minimum Gasteiger partial charge on any atom is -0.381 e. The number of benzene rings is 1. The van der Waals surface area contributed by atoms with E-state index in [4.69, 9.17) is 11.6 Å². The van der Waals surface area contributed by atoms with Crippen molar-refractivity contribution in [3.05, 3.63) is 53.2 Å². The van der Waals surface area contributed by atoms with Crippen LogP contribution in [-0.4, -0.2) is 41.5 Å². The molecule has 7 heteroatoms. The van der Waals surface area contributed by atoms with Crippen molar-refractivity contribution in [1.29, 1.82) is 0 Å². The highest BCUT2D eigenvalue weighted by molar-refractivity contribution is 7.99. The SMILES string of the molecule is O=C(Nc1ccc(Cl)cn1)c1ccccc1NC(C1CCNCC1)C1CCSC1. The van der Waals surface area contributed by atoms with Gasteiger partial charge in [0.05, 0.1) is 10.6 Å². The van der Waals surface area contributed by atoms with Gasteiger partial charge in [0.2, 0.25) is 0 Å². The van der Waals surface area contributed by atoms with Crippen molar-refractivity contribution >= 4 is 40.8 Å². The molecule has 2 aromatic rings. The number of nitrogens with one attached hydrogen (secondary N) is 3. The molecule has 0 aliphatic carbocycles. The number of piperidine rings is 1. The summed E-state index contributed by atoms with van der Waals surface area (Å²) < 4.78 is 0. The highest BCUT2D eigenvalue weighted by Crippen LogP contribution is 2.35. The van der Waals surface area contributed by atoms with Crippen LogP contribution in [0.3, 0.4) is 0 Å². The van der Waals surface area contributed by atoms with E-state index in [1.165, 1.54) is 37.0 Å². The highest BCUT2D eigenvalue weighted by atomic mass is 35.5. The van der Waals surface area contributed by atoms with Gasteiger partial charge in [0.25, 0.3) is 5.91 Å². The Balaban J connectivity index is 1.53. The molecule has 2 saturated heterocycles. The quantitative estimate of drug-likeness (QED) is 0.628. The lowest BCUT2D eigenvalue weighted by Gasteiger charge is -2.36. The molecule has 1 amide bonds. The fraction of sp³-hybridized carbons (Fsp3) is 0.455. The molecule has 0 radical (unpaired) electrons. The van der Waals surface area contributed by atoms with Gasteiger partial charge in [0, 0.05) is 17.9 Å². The fourth-order valence-electron chi connectivity index (χ4n) is 4.28. The second-order valence-electron chi connectivity index (χ2n) is 7.74. The number of pyridine rings is 1. The van der Waals surface area contributed by atoms with Gasteiger partial charge < -0.3 is 16.0 Å². The number of carbonyl (C=O) groups is 1. The maximum Gasteiger partial charge on any atom is 0.258 e. The first-order valence-corrected chi connectivity index (χ1v) is 11.8. The number of hydrogen-bond donors (Lipinski definition) is 3. The Morgan fingerprint density at radius 2 is 1.97 bits per heavy atom. The van der Waals surface area contributed by atoms with Crippen LogP contribution in [0.15, 0.2) is 42.6 Å². The maximum absolute atomic E-state index is 13.0. The number of rotatable bonds is 6. The minimum atomic E-state index is -0.159. The Morgan fingerprint density at radius 1 is 1.14 bits per heavy atom. The van der Waals surface area contributed by atoms with E-state index in [1.54, 1.807) is 12.1 Å². The average molecular weight is 431 g/mol. The monoisotopic (exact) mass is 430 g/mol. The second kappa shape index (κ2) is 9.83. The number of hydrogen-bond acceptors (Lipinski definition) is 5. The van der Waals surface area contributed by atoms with E-state index in [2.05, 4.69) is 20.9 Å². The van der Waals surface area contributed by atoms with Gasteiger partial charge in [0.1, 0.15) is 5.82 Å². The first-order valence-electron chi connectivity index (χ1n) is 10.3. The molecule has 3 N–H and O–H groups in total. The largest absolute Gasteiger partial charge is 0.381 e. The average Bonchev–Trinajstić information content (AvgIpc) is 3.29. The summed E-state index contributed by atoms with van der Waals surface area (Å²) in [7, 11) is 0. The van der Waals surface area contributed by atoms with Crippen LogP contribution >= 0.6 is 23.4 Å². The van der Waals surface area contributed by atoms with Crippen LogP contribution in [0.5, 0.6) is 0 Å². The van der Waals surface area contributed by atoms with Crippen LogP contribution in [0, 0.1) is 11.8 Å². The van der Waals surface area contributed by atoms with Crippen LogP contribution in [0.2, 0.25) is 5.02 Å². The zero-order valence-corrected chi connectivity index (χ0v) is 17.9. The topological polar surface area (TPSA) is 66.0 Å². The van der Waals surface area contributed by atoms with Gasteiger partial charge in [0.15, 0.2) is 0 Å². The van der Waals surface area contributed by atoms with E-state index in [9.17, 15) is 4.79 Å². The van der Waals surface area contributed by atoms with Gasteiger partial charge in [-0.05, 0) is 80.0 Å². The molecule has 0 bridgehead atoms. The summed E-state index contributed by atoms with van der Waals surface area (Å²) in [5.41, 5.74) is 1.55. The molecular weight excluding hydrogens is 404 g/mol. The number of halogens is 1. The highest BCUT2D eigenvalue weighted by Gasteiger charge is 2.33. The van der Waals surface area contributed by atoms with Gasteiger partial charge in [-0.1, -0.05) is 23.7 Å². The molecule has 0 spiro atoms. The Morgan fingerprint density at radius 3 is 2.69 bits per heavy atom. The summed E-state index contributed by atoms with van der Waals surface area (Å²) in [6.45, 7) is 2.15. The molecule has 3 heterocycles. The van der Waals surface area contributed by atoms with E-state index in [0.29, 0.717) is 34.3 Å². The molecule has 4 rings (SSSR count). The third-order valence-electron chi connectivity index (χ3n) is 5.83. The molecule has 2 aliphatic heterocycles. The number of carbonyl (C=O) groups excluding carboxylic acids is 1. The smallest absolute Gasteiger partial charge is 0.258 e. The molecule has 0 saturated carbocycles. The maximum atomic E-state index is 13.0. The molecule has 1 aromatic carbocycles. The number of para-hydroxylation sites is 1. The number of amides is 1. The molecule has 2 aliphatic rings. The van der Waals surface area contributed by atoms with E-state index in [0.717, 1.165) is 18.8 Å². The zero-order chi connectivity index (χ0) is 20.1. The van der Waals surface area contributed by atoms with Crippen LogP contribution in [-0.2, 0) is 0 Å². The van der Waals surface area contributed by atoms with Crippen molar-refractivity contribution in [2.75, 3.05) is 35.2 Å². The molecule has 5 nitrogen and oxygen atoms in total. The van der Waals surface area contributed by atoms with Crippen LogP contribution < -0.4 is 16.0 Å². The van der Waals surface area contributed by atoms with E-state index >= 15 is 0 Å². The lowest BCUT2D eigenvalue weighted by atomic mass is 9.82. The molecular formula is C22H27ClN4OS. The summed E-state index contributed by atoms with van der Waals surface area (Å²) in [6.07, 6.45) is 5.14. The lowest BCUT2D eigenvalue weighted by molar-refractivity contribution is 0.102. The first-order chi connectivity index (χ1) is 14.2. The zero-order valence-electron chi connectivity index (χ0n) is 16.4. The summed E-state index contributed by atoms with van der Waals surface area (Å²) in [5, 5.41) is 10.7. The van der Waals surface area contributed by atoms with Crippen LogP contribution in [0.25, 0.3) is 0 Å². The normalized spacial score (nSPS) is 20.9. The number of aromatic nitrogens is 1. The minimum absolute atomic E-state index is 0.159. The Kier molecular flexibility index (Phi) is 6.95. The summed E-state index contributed by atoms with van der Waals surface area (Å²) in [5.74, 6) is 4.05. The van der Waals surface area contributed by atoms with Gasteiger partial charge in [-0.3, -0.25) is 4.79 Å². The van der Waals surface area contributed by atoms with Crippen LogP contribution in [0.1, 0.15) is 29.6 Å². The first kappa shape index (κ1) is 20.5. The number of thioether (sulfide) groups is 1. The predicted octanol–water partition coefficient (Wildman–Crippen LogP) is 4.52. The second-order valence-corrected chi connectivity index (χ2v) is 9.33. The van der Waals surface area contributed by atoms with Gasteiger partial charge in [-0.15, -0.1) is 0 Å². The van der Waals surface area contributed by atoms with Crippen LogP contribution in [0.4, 0.5) is 11.5 Å². The molecule has 2 unspecified atom stereocenters. The lowest BCUT2D eigenvalue weighted by Crippen LogP contribution is -2.42. The van der Waals surface area contributed by atoms with Crippen molar-refractivity contribution in [2.45, 2.75) is 25.3 Å². The standard InChI is InChI=1S/C22H27ClN4OS/c23-17-5-6-20(25-13-17)27-22(28)18-3-1-2-4-19(18)26-21(16-9-12-29-14-16)15-7-10-24-11-8-15/h1-6,13,15-16,21,24,26H,7-12,14H2,(H,25,27,28). The molecule has 154 valence electrons. The predicted molar refractivity (Wildman–Crippen MR) is 122 cm³/mol. The number of nitrogens with zero attached hydrogens (tertiary/aromatic N) is 1. The molecule has 2 fully saturated rings. The van der Waals surface area contributed by atoms with Gasteiger partial charge in [-0.2, -0.15) is 11.8 Å². The van der Waals surface area contributed by atoms with Crippen molar-refractivity contribution < 1.29 is 4.79 Å². The van der Waals surface area contributed by atoms with E-state index in [1.807, 2.05) is 36.0 Å². The van der Waals surface area contributed by atoms with Gasteiger partial charge >= 0.3 is 0 Å². The molecule has 1 aromatic heterocycles. The van der Waals surface area contributed by atoms with Crippen molar-refractivity contribution in [2.24, 2.45) is 11.8 Å². The van der Waals surface area contributed by atoms with Crippen molar-refractivity contribution in [3.8, 4) is 0 Å². The Bertz CT molecular complexity index is 820. The Labute approximate surface area is 181 Å². The summed E-state index contributed by atoms with van der Waals surface area (Å²) in [6, 6.07) is 11.6. The molecule has 2 atom stereocenters. The third kappa shape index (κ3) is 5.24. The van der Waals surface area contributed by atoms with Crippen molar-refractivity contribution in [3.63, 3.8) is 0 Å². The van der Waals surface area contributed by atoms with Gasteiger partial charge in [-0.25, -0.2) is 4.98 Å². The van der Waals surface area contributed by atoms with E-state index < -0.39 is 0 Å². The number of anilines is 2. The Hall–Kier alpha value is -1.76. The summed E-state index contributed by atoms with van der Waals surface area (Å²) >= 11 is 7.94. The summed E-state index contributed by atoms with van der Waals surface area (Å²) in [4.78, 5) is 17.1. The molecule has 29 heavy (non-hydrogen) atoms. The van der Waals surface area contributed by atoms with E-state index in [-0.39, 0.29) is 5.91 Å². The van der Waals surface area contributed by atoms with Crippen molar-refractivity contribution in [1.82, 2.24) is 10.3 Å². The fourth-order valence-corrected chi connectivity index (χ4v) is 5.70. The third-order valence-corrected chi connectivity index (χ3v) is 7.24.